The fraction of sp³-hybridized carbons (Fsp3) is 0.348. The van der Waals surface area contributed by atoms with E-state index >= 15 is 0 Å². The third kappa shape index (κ3) is 7.59. The number of benzene rings is 2. The van der Waals surface area contributed by atoms with E-state index in [9.17, 15) is 4.79 Å². The molecule has 0 aliphatic carbocycles. The van der Waals surface area contributed by atoms with Crippen molar-refractivity contribution in [2.75, 3.05) is 11.1 Å². The number of rotatable bonds is 10. The van der Waals surface area contributed by atoms with Crippen molar-refractivity contribution < 1.29 is 4.79 Å². The number of hydrogen-bond donors (Lipinski definition) is 2. The van der Waals surface area contributed by atoms with Crippen molar-refractivity contribution in [3.63, 3.8) is 0 Å². The molecule has 0 unspecified atom stereocenters. The molecule has 1 amide bonds. The smallest absolute Gasteiger partial charge is 0.224 e. The second-order valence-corrected chi connectivity index (χ2v) is 7.61. The lowest BCUT2D eigenvalue weighted by Crippen LogP contribution is -2.12. The molecule has 0 radical (unpaired) electrons. The Balaban J connectivity index is 1.67. The van der Waals surface area contributed by atoms with Crippen LogP contribution in [-0.2, 0) is 4.79 Å². The van der Waals surface area contributed by atoms with Gasteiger partial charge < -0.3 is 11.1 Å². The second-order valence-electron chi connectivity index (χ2n) is 6.69. The Morgan fingerprint density at radius 3 is 2.33 bits per heavy atom. The molecule has 2 aromatic carbocycles. The highest BCUT2D eigenvalue weighted by atomic mass is 79.9. The lowest BCUT2D eigenvalue weighted by Gasteiger charge is -2.09. The molecular formula is C23H29BrN2O. The predicted molar refractivity (Wildman–Crippen MR) is 120 cm³/mol. The molecule has 2 aromatic rings. The molecule has 27 heavy (non-hydrogen) atoms. The van der Waals surface area contributed by atoms with Crippen LogP contribution in [-0.4, -0.2) is 5.91 Å². The molecule has 0 saturated carbocycles. The van der Waals surface area contributed by atoms with Crippen LogP contribution >= 0.6 is 15.9 Å². The number of nitrogen functional groups attached to an aromatic ring is 1. The highest BCUT2D eigenvalue weighted by molar-refractivity contribution is 9.10. The highest BCUT2D eigenvalue weighted by Gasteiger charge is 2.05. The molecule has 0 spiro atoms. The largest absolute Gasteiger partial charge is 0.397 e. The molecule has 3 nitrogen and oxygen atoms in total. The number of unbranched alkanes of at least 4 members (excludes halogenated alkanes) is 3. The van der Waals surface area contributed by atoms with Gasteiger partial charge in [0.1, 0.15) is 0 Å². The summed E-state index contributed by atoms with van der Waals surface area (Å²) >= 11 is 3.49. The van der Waals surface area contributed by atoms with Crippen molar-refractivity contribution in [3.05, 3.63) is 64.6 Å². The zero-order chi connectivity index (χ0) is 19.5. The van der Waals surface area contributed by atoms with E-state index in [2.05, 4.69) is 58.5 Å². The molecule has 0 saturated heterocycles. The Morgan fingerprint density at radius 2 is 1.67 bits per heavy atom. The molecule has 0 atom stereocenters. The van der Waals surface area contributed by atoms with E-state index in [0.29, 0.717) is 17.8 Å². The molecule has 0 heterocycles. The number of amides is 1. The molecule has 4 heteroatoms. The van der Waals surface area contributed by atoms with Crippen LogP contribution in [0.25, 0.3) is 5.57 Å². The van der Waals surface area contributed by atoms with Gasteiger partial charge >= 0.3 is 0 Å². The lowest BCUT2D eigenvalue weighted by molar-refractivity contribution is -0.116. The van der Waals surface area contributed by atoms with Crippen molar-refractivity contribution in [1.29, 1.82) is 0 Å². The van der Waals surface area contributed by atoms with Gasteiger partial charge in [0.05, 0.1) is 11.4 Å². The number of halogens is 1. The summed E-state index contributed by atoms with van der Waals surface area (Å²) in [6.45, 7) is 2.18. The predicted octanol–water partition coefficient (Wildman–Crippen LogP) is 6.80. The topological polar surface area (TPSA) is 55.1 Å². The number of para-hydroxylation sites is 2. The minimum absolute atomic E-state index is 0.0364. The van der Waals surface area contributed by atoms with E-state index in [-0.39, 0.29) is 5.91 Å². The summed E-state index contributed by atoms with van der Waals surface area (Å²) in [5.74, 6) is 0.0364. The zero-order valence-electron chi connectivity index (χ0n) is 16.0. The highest BCUT2D eigenvalue weighted by Crippen LogP contribution is 2.24. The lowest BCUT2D eigenvalue weighted by atomic mass is 9.98. The summed E-state index contributed by atoms with van der Waals surface area (Å²) in [7, 11) is 0. The first kappa shape index (κ1) is 21.2. The van der Waals surface area contributed by atoms with Crippen molar-refractivity contribution in [2.24, 2.45) is 0 Å². The Bertz CT molecular complexity index is 753. The van der Waals surface area contributed by atoms with Crippen LogP contribution in [0, 0.1) is 0 Å². The van der Waals surface area contributed by atoms with Gasteiger partial charge in [-0.15, -0.1) is 0 Å². The summed E-state index contributed by atoms with van der Waals surface area (Å²) < 4.78 is 1.11. The Morgan fingerprint density at radius 1 is 1.00 bits per heavy atom. The van der Waals surface area contributed by atoms with Gasteiger partial charge in [-0.05, 0) is 61.1 Å². The van der Waals surface area contributed by atoms with E-state index in [4.69, 9.17) is 5.73 Å². The molecule has 144 valence electrons. The van der Waals surface area contributed by atoms with Gasteiger partial charge in [-0.2, -0.15) is 0 Å². The third-order valence-corrected chi connectivity index (χ3v) is 5.03. The van der Waals surface area contributed by atoms with Gasteiger partial charge in [-0.1, -0.05) is 66.0 Å². The summed E-state index contributed by atoms with van der Waals surface area (Å²) in [5.41, 5.74) is 9.88. The molecule has 2 rings (SSSR count). The number of carbonyl (C=O) groups is 1. The second kappa shape index (κ2) is 11.6. The van der Waals surface area contributed by atoms with Gasteiger partial charge in [-0.3, -0.25) is 4.79 Å². The first-order valence-corrected chi connectivity index (χ1v) is 10.5. The maximum Gasteiger partial charge on any atom is 0.224 e. The number of hydrogen-bond acceptors (Lipinski definition) is 2. The Labute approximate surface area is 171 Å². The van der Waals surface area contributed by atoms with Gasteiger partial charge in [-0.25, -0.2) is 0 Å². The molecule has 0 aromatic heterocycles. The fourth-order valence-electron chi connectivity index (χ4n) is 3.05. The number of anilines is 2. The minimum atomic E-state index is 0.0364. The Hall–Kier alpha value is -2.07. The maximum absolute atomic E-state index is 12.0. The summed E-state index contributed by atoms with van der Waals surface area (Å²) in [6.07, 6.45) is 9.25. The molecule has 0 aliphatic heterocycles. The molecular weight excluding hydrogens is 400 g/mol. The maximum atomic E-state index is 12.0. The van der Waals surface area contributed by atoms with Crippen LogP contribution in [0.1, 0.15) is 57.4 Å². The minimum Gasteiger partial charge on any atom is -0.397 e. The number of nitrogens with two attached hydrogens (primary N) is 1. The van der Waals surface area contributed by atoms with E-state index in [0.717, 1.165) is 43.0 Å². The van der Waals surface area contributed by atoms with Crippen molar-refractivity contribution >= 4 is 38.8 Å². The van der Waals surface area contributed by atoms with Gasteiger partial charge in [0, 0.05) is 10.9 Å². The average molecular weight is 429 g/mol. The molecule has 0 aliphatic rings. The summed E-state index contributed by atoms with van der Waals surface area (Å²) in [6, 6.07) is 15.9. The number of nitrogens with one attached hydrogen (secondary N) is 1. The number of carbonyl (C=O) groups excluding carboxylic acids is 1. The molecule has 3 N–H and O–H groups in total. The Kier molecular flexibility index (Phi) is 9.12. The van der Waals surface area contributed by atoms with Gasteiger partial charge in [0.15, 0.2) is 0 Å². The van der Waals surface area contributed by atoms with E-state index in [1.165, 1.54) is 11.1 Å². The average Bonchev–Trinajstić information content (AvgIpc) is 2.66. The van der Waals surface area contributed by atoms with Gasteiger partial charge in [0.2, 0.25) is 5.91 Å². The zero-order valence-corrected chi connectivity index (χ0v) is 17.6. The molecule has 0 fully saturated rings. The van der Waals surface area contributed by atoms with Crippen molar-refractivity contribution in [3.8, 4) is 0 Å². The van der Waals surface area contributed by atoms with Crippen LogP contribution in [0.5, 0.6) is 0 Å². The summed E-state index contributed by atoms with van der Waals surface area (Å²) in [4.78, 5) is 12.0. The van der Waals surface area contributed by atoms with Gasteiger partial charge in [0.25, 0.3) is 0 Å². The first-order valence-electron chi connectivity index (χ1n) is 9.69. The normalized spacial score (nSPS) is 11.4. The van der Waals surface area contributed by atoms with E-state index in [1.807, 2.05) is 18.2 Å². The third-order valence-electron chi connectivity index (χ3n) is 4.50. The van der Waals surface area contributed by atoms with Crippen LogP contribution in [0.3, 0.4) is 0 Å². The quantitative estimate of drug-likeness (QED) is 0.322. The fourth-order valence-corrected chi connectivity index (χ4v) is 3.32. The van der Waals surface area contributed by atoms with Crippen molar-refractivity contribution in [2.45, 2.75) is 51.9 Å². The monoisotopic (exact) mass is 428 g/mol. The summed E-state index contributed by atoms with van der Waals surface area (Å²) in [5, 5.41) is 2.89. The SMILES string of the molecule is CC/C=C(/CCCCCCC(=O)Nc1ccccc1N)c1ccc(Br)cc1. The van der Waals surface area contributed by atoms with E-state index < -0.39 is 0 Å². The van der Waals surface area contributed by atoms with Crippen LogP contribution in [0.15, 0.2) is 59.1 Å². The van der Waals surface area contributed by atoms with Crippen molar-refractivity contribution in [1.82, 2.24) is 0 Å². The van der Waals surface area contributed by atoms with Crippen LogP contribution in [0.4, 0.5) is 11.4 Å². The first-order chi connectivity index (χ1) is 13.1. The van der Waals surface area contributed by atoms with Crippen LogP contribution in [0.2, 0.25) is 0 Å². The van der Waals surface area contributed by atoms with Crippen LogP contribution < -0.4 is 11.1 Å². The standard InChI is InChI=1S/C23H29BrN2O/c1-2-9-18(19-14-16-20(24)17-15-19)10-5-3-4-6-13-23(27)26-22-12-8-7-11-21(22)25/h7-9,11-12,14-17H,2-6,10,13,25H2,1H3,(H,26,27)/b18-9-. The number of allylic oxidation sites excluding steroid dienone is 2. The van der Waals surface area contributed by atoms with E-state index in [1.54, 1.807) is 6.07 Å². The molecule has 0 bridgehead atoms.